The maximum Gasteiger partial charge on any atom is 0.410 e. The number of carbonyl (C=O) groups is 1. The van der Waals surface area contributed by atoms with E-state index < -0.39 is 5.60 Å². The van der Waals surface area contributed by atoms with Crippen molar-refractivity contribution >= 4 is 11.7 Å². The summed E-state index contributed by atoms with van der Waals surface area (Å²) >= 11 is 0. The number of pyridine rings is 2. The van der Waals surface area contributed by atoms with E-state index in [1.54, 1.807) is 0 Å². The van der Waals surface area contributed by atoms with E-state index in [0.29, 0.717) is 5.92 Å². The average molecular weight is 393 g/mol. The van der Waals surface area contributed by atoms with E-state index in [0.717, 1.165) is 55.1 Å². The van der Waals surface area contributed by atoms with Gasteiger partial charge in [0, 0.05) is 25.0 Å². The number of amides is 1. The van der Waals surface area contributed by atoms with Gasteiger partial charge < -0.3 is 9.64 Å². The predicted molar refractivity (Wildman–Crippen MR) is 113 cm³/mol. The van der Waals surface area contributed by atoms with Gasteiger partial charge in [-0.25, -0.2) is 9.78 Å². The molecule has 0 aromatic carbocycles. The Morgan fingerprint density at radius 3 is 2.69 bits per heavy atom. The summed E-state index contributed by atoms with van der Waals surface area (Å²) in [5.41, 5.74) is 3.50. The molecule has 1 amide bonds. The fraction of sp³-hybridized carbons (Fsp3) is 0.435. The molecule has 0 unspecified atom stereocenters. The van der Waals surface area contributed by atoms with Crippen molar-refractivity contribution in [3.05, 3.63) is 54.5 Å². The van der Waals surface area contributed by atoms with E-state index in [-0.39, 0.29) is 6.09 Å². The quantitative estimate of drug-likeness (QED) is 0.654. The van der Waals surface area contributed by atoms with Crippen LogP contribution in [0.25, 0.3) is 17.0 Å². The predicted octanol–water partition coefficient (Wildman–Crippen LogP) is 4.59. The van der Waals surface area contributed by atoms with Crippen molar-refractivity contribution in [3.63, 3.8) is 0 Å². The summed E-state index contributed by atoms with van der Waals surface area (Å²) in [4.78, 5) is 23.4. The molecule has 1 aliphatic rings. The van der Waals surface area contributed by atoms with Gasteiger partial charge in [-0.2, -0.15) is 0 Å². The van der Waals surface area contributed by atoms with Gasteiger partial charge in [0.1, 0.15) is 11.2 Å². The lowest BCUT2D eigenvalue weighted by atomic mass is 9.92. The van der Waals surface area contributed by atoms with Crippen LogP contribution < -0.4 is 0 Å². The van der Waals surface area contributed by atoms with Crippen molar-refractivity contribution in [1.82, 2.24) is 19.3 Å². The van der Waals surface area contributed by atoms with Crippen LogP contribution in [-0.2, 0) is 11.2 Å². The standard InChI is InChI=1S/C23H28N4O2/c1-23(2,3)29-22(28)26-13-10-17(11-14-26)15-18-7-6-8-19(25-18)20-16-24-21-9-4-5-12-27(20)21/h4-9,12,16-17H,10-11,13-15H2,1-3H3. The Hall–Kier alpha value is -2.89. The second kappa shape index (κ2) is 7.85. The number of nitrogens with zero attached hydrogens (tertiary/aromatic N) is 4. The van der Waals surface area contributed by atoms with Crippen molar-refractivity contribution in [3.8, 4) is 11.4 Å². The highest BCUT2D eigenvalue weighted by Crippen LogP contribution is 2.24. The first-order valence-corrected chi connectivity index (χ1v) is 10.3. The molecule has 3 aromatic rings. The molecular weight excluding hydrogens is 364 g/mol. The second-order valence-electron chi connectivity index (χ2n) is 8.70. The second-order valence-corrected chi connectivity index (χ2v) is 8.70. The third-order valence-electron chi connectivity index (χ3n) is 5.25. The Balaban J connectivity index is 1.40. The fourth-order valence-corrected chi connectivity index (χ4v) is 3.80. The molecule has 0 atom stereocenters. The molecule has 29 heavy (non-hydrogen) atoms. The molecule has 6 heteroatoms. The van der Waals surface area contributed by atoms with Crippen LogP contribution in [0.15, 0.2) is 48.8 Å². The maximum absolute atomic E-state index is 12.2. The van der Waals surface area contributed by atoms with E-state index in [1.807, 2.05) is 62.3 Å². The highest BCUT2D eigenvalue weighted by atomic mass is 16.6. The van der Waals surface area contributed by atoms with Crippen LogP contribution in [0.5, 0.6) is 0 Å². The van der Waals surface area contributed by atoms with Gasteiger partial charge in [-0.3, -0.25) is 9.38 Å². The number of hydrogen-bond donors (Lipinski definition) is 0. The van der Waals surface area contributed by atoms with E-state index in [1.165, 1.54) is 0 Å². The maximum atomic E-state index is 12.2. The Morgan fingerprint density at radius 1 is 1.14 bits per heavy atom. The smallest absolute Gasteiger partial charge is 0.410 e. The molecule has 4 rings (SSSR count). The van der Waals surface area contributed by atoms with E-state index >= 15 is 0 Å². The van der Waals surface area contributed by atoms with Crippen LogP contribution in [0, 0.1) is 5.92 Å². The molecule has 0 saturated carbocycles. The Labute approximate surface area is 171 Å². The Kier molecular flexibility index (Phi) is 5.26. The van der Waals surface area contributed by atoms with Gasteiger partial charge in [0.15, 0.2) is 0 Å². The van der Waals surface area contributed by atoms with E-state index in [4.69, 9.17) is 9.72 Å². The summed E-state index contributed by atoms with van der Waals surface area (Å²) in [6.07, 6.45) is 6.55. The SMILES string of the molecule is CC(C)(C)OC(=O)N1CCC(Cc2cccc(-c3cnc4ccccn34)n2)CC1. The van der Waals surface area contributed by atoms with Crippen molar-refractivity contribution in [2.75, 3.05) is 13.1 Å². The van der Waals surface area contributed by atoms with Crippen LogP contribution >= 0.6 is 0 Å². The molecule has 0 spiro atoms. The summed E-state index contributed by atoms with van der Waals surface area (Å²) < 4.78 is 7.55. The summed E-state index contributed by atoms with van der Waals surface area (Å²) in [7, 11) is 0. The zero-order valence-electron chi connectivity index (χ0n) is 17.3. The van der Waals surface area contributed by atoms with Gasteiger partial charge in [0.2, 0.25) is 0 Å². The van der Waals surface area contributed by atoms with E-state index in [2.05, 4.69) is 21.5 Å². The molecule has 6 nitrogen and oxygen atoms in total. The molecule has 0 radical (unpaired) electrons. The highest BCUT2D eigenvalue weighted by molar-refractivity contribution is 5.68. The minimum Gasteiger partial charge on any atom is -0.444 e. The number of imidazole rings is 1. The first-order valence-electron chi connectivity index (χ1n) is 10.3. The Morgan fingerprint density at radius 2 is 1.93 bits per heavy atom. The molecule has 0 aliphatic carbocycles. The van der Waals surface area contributed by atoms with Crippen molar-refractivity contribution < 1.29 is 9.53 Å². The summed E-state index contributed by atoms with van der Waals surface area (Å²) in [6.45, 7) is 7.19. The van der Waals surface area contributed by atoms with Crippen LogP contribution in [0.3, 0.4) is 0 Å². The molecule has 4 heterocycles. The number of aromatic nitrogens is 3. The third-order valence-corrected chi connectivity index (χ3v) is 5.25. The van der Waals surface area contributed by atoms with Gasteiger partial charge in [-0.1, -0.05) is 12.1 Å². The normalized spacial score (nSPS) is 15.6. The van der Waals surface area contributed by atoms with Crippen molar-refractivity contribution in [2.45, 2.75) is 45.6 Å². The third kappa shape index (κ3) is 4.58. The molecule has 1 saturated heterocycles. The minimum absolute atomic E-state index is 0.205. The molecule has 0 N–H and O–H groups in total. The van der Waals surface area contributed by atoms with Crippen molar-refractivity contribution in [1.29, 1.82) is 0 Å². The zero-order chi connectivity index (χ0) is 20.4. The number of fused-ring (bicyclic) bond motifs is 1. The summed E-state index contributed by atoms with van der Waals surface area (Å²) in [6, 6.07) is 12.2. The molecule has 0 bridgehead atoms. The van der Waals surface area contributed by atoms with Gasteiger partial charge in [0.05, 0.1) is 17.6 Å². The summed E-state index contributed by atoms with van der Waals surface area (Å²) in [5, 5.41) is 0. The Bertz CT molecular complexity index is 997. The van der Waals surface area contributed by atoms with Crippen LogP contribution in [0.4, 0.5) is 4.79 Å². The number of rotatable bonds is 3. The molecule has 3 aromatic heterocycles. The first kappa shape index (κ1) is 19.4. The number of carbonyl (C=O) groups excluding carboxylic acids is 1. The fourth-order valence-electron chi connectivity index (χ4n) is 3.80. The van der Waals surface area contributed by atoms with Crippen molar-refractivity contribution in [2.24, 2.45) is 5.92 Å². The highest BCUT2D eigenvalue weighted by Gasteiger charge is 2.27. The largest absolute Gasteiger partial charge is 0.444 e. The lowest BCUT2D eigenvalue weighted by Crippen LogP contribution is -2.42. The van der Waals surface area contributed by atoms with Crippen LogP contribution in [0.1, 0.15) is 39.3 Å². The van der Waals surface area contributed by atoms with Gasteiger partial charge in [-0.15, -0.1) is 0 Å². The number of piperidine rings is 1. The topological polar surface area (TPSA) is 59.7 Å². The minimum atomic E-state index is -0.448. The first-order chi connectivity index (χ1) is 13.9. The zero-order valence-corrected chi connectivity index (χ0v) is 17.3. The number of likely N-dealkylation sites (tertiary alicyclic amines) is 1. The lowest BCUT2D eigenvalue weighted by molar-refractivity contribution is 0.0184. The molecule has 1 aliphatic heterocycles. The van der Waals surface area contributed by atoms with Gasteiger partial charge in [-0.05, 0) is 70.2 Å². The van der Waals surface area contributed by atoms with Crippen LogP contribution in [-0.4, -0.2) is 44.1 Å². The molecule has 1 fully saturated rings. The lowest BCUT2D eigenvalue weighted by Gasteiger charge is -2.33. The molecule has 152 valence electrons. The average Bonchev–Trinajstić information content (AvgIpc) is 3.12. The van der Waals surface area contributed by atoms with Crippen LogP contribution in [0.2, 0.25) is 0 Å². The van der Waals surface area contributed by atoms with Gasteiger partial charge >= 0.3 is 6.09 Å². The summed E-state index contributed by atoms with van der Waals surface area (Å²) in [5.74, 6) is 0.527. The van der Waals surface area contributed by atoms with E-state index in [9.17, 15) is 4.79 Å². The van der Waals surface area contributed by atoms with Gasteiger partial charge in [0.25, 0.3) is 0 Å². The number of ether oxygens (including phenoxy) is 1. The molecular formula is C23H28N4O2. The monoisotopic (exact) mass is 392 g/mol. The number of hydrogen-bond acceptors (Lipinski definition) is 4.